The molecule has 0 bridgehead atoms. The molecule has 0 nitrogen and oxygen atoms in total. The standard InChI is InChI=1S/2C10H15.2ClH.Ti/c2*1-6-7(2)9(4)10(5)8(6)3;;;/h2*1-5H3;2*1H;/q2*-1;;;+4/p-2. The summed E-state index contributed by atoms with van der Waals surface area (Å²) in [6.07, 6.45) is 0. The molecule has 0 atom stereocenters. The van der Waals surface area contributed by atoms with Crippen molar-refractivity contribution < 1.29 is 46.5 Å². The van der Waals surface area contributed by atoms with Crippen molar-refractivity contribution in [1.29, 1.82) is 0 Å². The van der Waals surface area contributed by atoms with Crippen LogP contribution in [0, 0.1) is 69.2 Å². The van der Waals surface area contributed by atoms with Crippen LogP contribution in [0.25, 0.3) is 0 Å². The van der Waals surface area contributed by atoms with Crippen molar-refractivity contribution in [2.75, 3.05) is 0 Å². The number of rotatable bonds is 0. The van der Waals surface area contributed by atoms with Crippen LogP contribution in [-0.4, -0.2) is 0 Å². The third kappa shape index (κ3) is 5.50. The molecule has 0 aromatic heterocycles. The molecule has 0 spiro atoms. The molecule has 0 unspecified atom stereocenters. The Labute approximate surface area is 170 Å². The molecule has 0 N–H and O–H groups in total. The average Bonchev–Trinajstić information content (AvgIpc) is 2.71. The summed E-state index contributed by atoms with van der Waals surface area (Å²) in [7, 11) is 0. The summed E-state index contributed by atoms with van der Waals surface area (Å²) in [5.74, 6) is 0. The van der Waals surface area contributed by atoms with Gasteiger partial charge in [-0.25, -0.2) is 0 Å². The quantitative estimate of drug-likeness (QED) is 0.436. The largest absolute Gasteiger partial charge is 4.00 e. The van der Waals surface area contributed by atoms with E-state index in [0.717, 1.165) is 0 Å². The van der Waals surface area contributed by atoms with Gasteiger partial charge in [-0.15, -0.1) is 0 Å². The zero-order valence-electron chi connectivity index (χ0n) is 16.3. The molecule has 0 saturated heterocycles. The third-order valence-corrected chi connectivity index (χ3v) is 5.62. The predicted molar refractivity (Wildman–Crippen MR) is 91.4 cm³/mol. The fourth-order valence-electron chi connectivity index (χ4n) is 2.81. The Bertz CT molecular complexity index is 414. The minimum absolute atomic E-state index is 0. The van der Waals surface area contributed by atoms with Crippen molar-refractivity contribution >= 4 is 0 Å². The second-order valence-electron chi connectivity index (χ2n) is 6.25. The van der Waals surface area contributed by atoms with Crippen molar-refractivity contribution in [3.63, 3.8) is 0 Å². The van der Waals surface area contributed by atoms with E-state index in [4.69, 9.17) is 0 Å². The van der Waals surface area contributed by atoms with Crippen LogP contribution in [0.15, 0.2) is 0 Å². The third-order valence-electron chi connectivity index (χ3n) is 5.62. The zero-order valence-corrected chi connectivity index (χ0v) is 19.3. The van der Waals surface area contributed by atoms with Crippen LogP contribution in [0.5, 0.6) is 0 Å². The minimum Gasteiger partial charge on any atom is -1.00 e. The Balaban J connectivity index is -0.000000308. The molecule has 2 rings (SSSR count). The van der Waals surface area contributed by atoms with E-state index in [1.165, 1.54) is 55.6 Å². The normalized spacial score (nSPS) is 9.13. The van der Waals surface area contributed by atoms with Gasteiger partial charge in [0.1, 0.15) is 0 Å². The molecule has 23 heavy (non-hydrogen) atoms. The fraction of sp³-hybridized carbons (Fsp3) is 0.500. The Morgan fingerprint density at radius 3 is 0.609 bits per heavy atom. The van der Waals surface area contributed by atoms with E-state index >= 15 is 0 Å². The van der Waals surface area contributed by atoms with Gasteiger partial charge in [0.2, 0.25) is 0 Å². The molecule has 0 aliphatic heterocycles. The van der Waals surface area contributed by atoms with Gasteiger partial charge in [-0.05, 0) is 0 Å². The molecule has 0 saturated carbocycles. The maximum absolute atomic E-state index is 2.20. The molecule has 0 fully saturated rings. The van der Waals surface area contributed by atoms with Crippen LogP contribution >= 0.6 is 0 Å². The van der Waals surface area contributed by atoms with Gasteiger partial charge in [-0.3, -0.25) is 0 Å². The Morgan fingerprint density at radius 2 is 0.565 bits per heavy atom. The van der Waals surface area contributed by atoms with Crippen LogP contribution in [0.1, 0.15) is 55.6 Å². The maximum atomic E-state index is 2.20. The zero-order chi connectivity index (χ0) is 15.8. The van der Waals surface area contributed by atoms with E-state index in [-0.39, 0.29) is 46.5 Å². The topological polar surface area (TPSA) is 0 Å². The summed E-state index contributed by atoms with van der Waals surface area (Å²) in [6, 6.07) is 0. The molecule has 0 radical (unpaired) electrons. The van der Waals surface area contributed by atoms with Gasteiger partial charge < -0.3 is 24.8 Å². The molecule has 0 amide bonds. The van der Waals surface area contributed by atoms with Gasteiger partial charge in [0.25, 0.3) is 0 Å². The van der Waals surface area contributed by atoms with Gasteiger partial charge in [-0.1, -0.05) is 69.2 Å². The van der Waals surface area contributed by atoms with Crippen molar-refractivity contribution in [3.8, 4) is 0 Å². The van der Waals surface area contributed by atoms with Crippen LogP contribution in [-0.2, 0) is 21.7 Å². The van der Waals surface area contributed by atoms with Crippen molar-refractivity contribution in [3.05, 3.63) is 55.6 Å². The molecule has 3 heteroatoms. The SMILES string of the molecule is Cc1c(C)c(C)[c-](C)c1C.Cc1c(C)c(C)[c-](C)c1C.[Cl-].[Cl-].[Ti+4]. The van der Waals surface area contributed by atoms with E-state index in [2.05, 4.69) is 69.2 Å². The first kappa shape index (κ1) is 27.8. The smallest absolute Gasteiger partial charge is 1.00 e. The minimum atomic E-state index is 0. The first-order chi connectivity index (χ1) is 9.11. The first-order valence-corrected chi connectivity index (χ1v) is 7.50. The number of hydrogen-bond acceptors (Lipinski definition) is 0. The molecule has 128 valence electrons. The average molecular weight is 389 g/mol. The Kier molecular flexibility index (Phi) is 13.0. The molecular weight excluding hydrogens is 359 g/mol. The number of halogens is 2. The second-order valence-corrected chi connectivity index (χ2v) is 6.25. The van der Waals surface area contributed by atoms with E-state index < -0.39 is 0 Å². The molecule has 2 aromatic carbocycles. The van der Waals surface area contributed by atoms with Gasteiger partial charge in [0, 0.05) is 0 Å². The maximum Gasteiger partial charge on any atom is 4.00 e. The van der Waals surface area contributed by atoms with Crippen LogP contribution < -0.4 is 24.8 Å². The molecule has 0 aliphatic carbocycles. The van der Waals surface area contributed by atoms with E-state index in [1.807, 2.05) is 0 Å². The molecular formula is C20H30Cl2Ti. The summed E-state index contributed by atoms with van der Waals surface area (Å²) in [5.41, 5.74) is 14.7. The summed E-state index contributed by atoms with van der Waals surface area (Å²) < 4.78 is 0. The van der Waals surface area contributed by atoms with Crippen LogP contribution in [0.4, 0.5) is 0 Å². The van der Waals surface area contributed by atoms with Crippen molar-refractivity contribution in [2.45, 2.75) is 69.2 Å². The van der Waals surface area contributed by atoms with Crippen molar-refractivity contribution in [2.24, 2.45) is 0 Å². The van der Waals surface area contributed by atoms with E-state index in [0.29, 0.717) is 0 Å². The fourth-order valence-corrected chi connectivity index (χ4v) is 2.81. The van der Waals surface area contributed by atoms with Gasteiger partial charge >= 0.3 is 21.7 Å². The molecule has 0 heterocycles. The summed E-state index contributed by atoms with van der Waals surface area (Å²) in [5, 5.41) is 0. The summed E-state index contributed by atoms with van der Waals surface area (Å²) in [4.78, 5) is 0. The monoisotopic (exact) mass is 388 g/mol. The Morgan fingerprint density at radius 1 is 0.435 bits per heavy atom. The van der Waals surface area contributed by atoms with Gasteiger partial charge in [-0.2, -0.15) is 55.6 Å². The second kappa shape index (κ2) is 10.8. The molecule has 0 aliphatic rings. The predicted octanol–water partition coefficient (Wildman–Crippen LogP) is -0.0993. The summed E-state index contributed by atoms with van der Waals surface area (Å²) in [6.45, 7) is 22.0. The first-order valence-electron chi connectivity index (χ1n) is 7.50. The van der Waals surface area contributed by atoms with Crippen LogP contribution in [0.2, 0.25) is 0 Å². The van der Waals surface area contributed by atoms with Gasteiger partial charge in [0.15, 0.2) is 0 Å². The van der Waals surface area contributed by atoms with E-state index in [9.17, 15) is 0 Å². The van der Waals surface area contributed by atoms with E-state index in [1.54, 1.807) is 0 Å². The molecule has 2 aromatic rings. The van der Waals surface area contributed by atoms with Crippen LogP contribution in [0.3, 0.4) is 0 Å². The van der Waals surface area contributed by atoms with Crippen molar-refractivity contribution in [1.82, 2.24) is 0 Å². The Hall–Kier alpha value is -0.00571. The summed E-state index contributed by atoms with van der Waals surface area (Å²) >= 11 is 0. The van der Waals surface area contributed by atoms with Gasteiger partial charge in [0.05, 0.1) is 0 Å². The number of hydrogen-bond donors (Lipinski definition) is 0.